The van der Waals surface area contributed by atoms with Crippen LogP contribution in [-0.4, -0.2) is 6.61 Å². The number of ether oxygens (including phenoxy) is 1. The summed E-state index contributed by atoms with van der Waals surface area (Å²) >= 11 is 3.10. The zero-order chi connectivity index (χ0) is 9.14. The third-order valence-electron chi connectivity index (χ3n) is 1.30. The number of halogens is 3. The Hall–Kier alpha value is -0.640. The van der Waals surface area contributed by atoms with Gasteiger partial charge in [-0.25, -0.2) is 0 Å². The second kappa shape index (κ2) is 3.85. The molecule has 0 fully saturated rings. The van der Waals surface area contributed by atoms with Crippen molar-refractivity contribution in [2.75, 3.05) is 0 Å². The van der Waals surface area contributed by atoms with Gasteiger partial charge < -0.3 is 4.74 Å². The van der Waals surface area contributed by atoms with Crippen LogP contribution in [0.2, 0.25) is 0 Å². The SMILES string of the molecule is Cc1ccc(Br)c(OC(F)F)c1. The number of aryl methyl sites for hydroxylation is 1. The molecule has 4 heteroatoms. The van der Waals surface area contributed by atoms with Crippen molar-refractivity contribution in [2.45, 2.75) is 13.5 Å². The van der Waals surface area contributed by atoms with E-state index in [1.807, 2.05) is 13.0 Å². The molecule has 1 rings (SSSR count). The number of alkyl halides is 2. The minimum absolute atomic E-state index is 0.171. The third-order valence-corrected chi connectivity index (χ3v) is 1.96. The maximum absolute atomic E-state index is 11.8. The van der Waals surface area contributed by atoms with Crippen molar-refractivity contribution in [1.29, 1.82) is 0 Å². The summed E-state index contributed by atoms with van der Waals surface area (Å²) in [5, 5.41) is 0. The zero-order valence-corrected chi connectivity index (χ0v) is 7.94. The zero-order valence-electron chi connectivity index (χ0n) is 6.35. The van der Waals surface area contributed by atoms with E-state index in [0.29, 0.717) is 4.47 Å². The molecule has 0 bridgehead atoms. The van der Waals surface area contributed by atoms with Gasteiger partial charge in [-0.15, -0.1) is 0 Å². The van der Waals surface area contributed by atoms with Gasteiger partial charge in [-0.3, -0.25) is 0 Å². The molecule has 0 saturated heterocycles. The molecule has 0 aromatic heterocycles. The molecule has 0 N–H and O–H groups in total. The molecule has 1 nitrogen and oxygen atoms in total. The summed E-state index contributed by atoms with van der Waals surface area (Å²) in [6.45, 7) is -0.965. The van der Waals surface area contributed by atoms with Gasteiger partial charge in [0, 0.05) is 0 Å². The quantitative estimate of drug-likeness (QED) is 0.766. The Labute approximate surface area is 77.5 Å². The summed E-state index contributed by atoms with van der Waals surface area (Å²) in [7, 11) is 0. The van der Waals surface area contributed by atoms with E-state index in [2.05, 4.69) is 20.7 Å². The van der Waals surface area contributed by atoms with Gasteiger partial charge in [0.1, 0.15) is 5.75 Å². The van der Waals surface area contributed by atoms with Crippen LogP contribution in [0.15, 0.2) is 22.7 Å². The fourth-order valence-electron chi connectivity index (χ4n) is 0.797. The van der Waals surface area contributed by atoms with Gasteiger partial charge in [-0.05, 0) is 40.5 Å². The highest BCUT2D eigenvalue weighted by Gasteiger charge is 2.07. The minimum atomic E-state index is -2.77. The summed E-state index contributed by atoms with van der Waals surface area (Å²) in [6.07, 6.45) is 0. The van der Waals surface area contributed by atoms with Crippen LogP contribution in [0.4, 0.5) is 8.78 Å². The van der Waals surface area contributed by atoms with E-state index in [1.54, 1.807) is 12.1 Å². The van der Waals surface area contributed by atoms with Gasteiger partial charge in [-0.2, -0.15) is 8.78 Å². The van der Waals surface area contributed by atoms with Crippen molar-refractivity contribution in [3.63, 3.8) is 0 Å². The van der Waals surface area contributed by atoms with E-state index < -0.39 is 6.61 Å². The molecule has 0 radical (unpaired) electrons. The molecule has 12 heavy (non-hydrogen) atoms. The van der Waals surface area contributed by atoms with Crippen molar-refractivity contribution in [1.82, 2.24) is 0 Å². The predicted octanol–water partition coefficient (Wildman–Crippen LogP) is 3.36. The van der Waals surface area contributed by atoms with Gasteiger partial charge >= 0.3 is 6.61 Å². The molecule has 0 amide bonds. The molecule has 0 heterocycles. The standard InChI is InChI=1S/C8H7BrF2O/c1-5-2-3-6(9)7(4-5)12-8(10)11/h2-4,8H,1H3. The fraction of sp³-hybridized carbons (Fsp3) is 0.250. The Bertz CT molecular complexity index is 276. The second-order valence-electron chi connectivity index (χ2n) is 2.31. The third kappa shape index (κ3) is 2.44. The van der Waals surface area contributed by atoms with E-state index in [9.17, 15) is 8.78 Å². The van der Waals surface area contributed by atoms with Crippen LogP contribution in [0, 0.1) is 6.92 Å². The fourth-order valence-corrected chi connectivity index (χ4v) is 1.14. The molecule has 0 spiro atoms. The van der Waals surface area contributed by atoms with Crippen molar-refractivity contribution in [3.05, 3.63) is 28.2 Å². The van der Waals surface area contributed by atoms with Gasteiger partial charge in [0.15, 0.2) is 0 Å². The lowest BCUT2D eigenvalue weighted by Gasteiger charge is -2.06. The molecule has 1 aromatic carbocycles. The Morgan fingerprint density at radius 3 is 2.67 bits per heavy atom. The Morgan fingerprint density at radius 1 is 1.42 bits per heavy atom. The highest BCUT2D eigenvalue weighted by atomic mass is 79.9. The lowest BCUT2D eigenvalue weighted by molar-refractivity contribution is -0.0503. The average Bonchev–Trinajstić information content (AvgIpc) is 1.96. The topological polar surface area (TPSA) is 9.23 Å². The number of rotatable bonds is 2. The molecule has 66 valence electrons. The first-order chi connectivity index (χ1) is 5.59. The van der Waals surface area contributed by atoms with Gasteiger partial charge in [0.2, 0.25) is 0 Å². The Kier molecular flexibility index (Phi) is 3.03. The van der Waals surface area contributed by atoms with Crippen molar-refractivity contribution in [2.24, 2.45) is 0 Å². The van der Waals surface area contributed by atoms with E-state index in [1.165, 1.54) is 0 Å². The molecule has 0 atom stereocenters. The van der Waals surface area contributed by atoms with Crippen LogP contribution >= 0.6 is 15.9 Å². The van der Waals surface area contributed by atoms with Gasteiger partial charge in [0.25, 0.3) is 0 Å². The predicted molar refractivity (Wildman–Crippen MR) is 45.5 cm³/mol. The minimum Gasteiger partial charge on any atom is -0.434 e. The molecule has 1 aromatic rings. The molecule has 0 aliphatic carbocycles. The van der Waals surface area contributed by atoms with Crippen LogP contribution < -0.4 is 4.74 Å². The Morgan fingerprint density at radius 2 is 2.08 bits per heavy atom. The first kappa shape index (κ1) is 9.45. The molecule has 0 aliphatic heterocycles. The first-order valence-corrected chi connectivity index (χ1v) is 4.10. The summed E-state index contributed by atoms with van der Waals surface area (Å²) in [6, 6.07) is 5.03. The van der Waals surface area contributed by atoms with E-state index in [-0.39, 0.29) is 5.75 Å². The number of benzene rings is 1. The molecule has 0 saturated carbocycles. The molecule has 0 aliphatic rings. The Balaban J connectivity index is 2.90. The number of hydrogen-bond acceptors (Lipinski definition) is 1. The van der Waals surface area contributed by atoms with Crippen molar-refractivity contribution < 1.29 is 13.5 Å². The van der Waals surface area contributed by atoms with E-state index in [0.717, 1.165) is 5.56 Å². The normalized spacial score (nSPS) is 10.4. The molecular weight excluding hydrogens is 230 g/mol. The van der Waals surface area contributed by atoms with Crippen LogP contribution in [0.1, 0.15) is 5.56 Å². The maximum atomic E-state index is 11.8. The molecular formula is C8H7BrF2O. The van der Waals surface area contributed by atoms with Gasteiger partial charge in [0.05, 0.1) is 4.47 Å². The summed E-state index contributed by atoms with van der Waals surface area (Å²) in [5.74, 6) is 0.171. The summed E-state index contributed by atoms with van der Waals surface area (Å²) in [5.41, 5.74) is 0.883. The highest BCUT2D eigenvalue weighted by Crippen LogP contribution is 2.26. The average molecular weight is 237 g/mol. The first-order valence-electron chi connectivity index (χ1n) is 3.30. The second-order valence-corrected chi connectivity index (χ2v) is 3.17. The van der Waals surface area contributed by atoms with Crippen LogP contribution in [0.3, 0.4) is 0 Å². The van der Waals surface area contributed by atoms with Crippen LogP contribution in [-0.2, 0) is 0 Å². The van der Waals surface area contributed by atoms with Crippen LogP contribution in [0.25, 0.3) is 0 Å². The smallest absolute Gasteiger partial charge is 0.387 e. The van der Waals surface area contributed by atoms with Crippen molar-refractivity contribution in [3.8, 4) is 5.75 Å². The lowest BCUT2D eigenvalue weighted by atomic mass is 10.2. The van der Waals surface area contributed by atoms with Gasteiger partial charge in [-0.1, -0.05) is 6.07 Å². The summed E-state index contributed by atoms with van der Waals surface area (Å²) < 4.78 is 28.4. The number of hydrogen-bond donors (Lipinski definition) is 0. The van der Waals surface area contributed by atoms with Crippen molar-refractivity contribution >= 4 is 15.9 Å². The lowest BCUT2D eigenvalue weighted by Crippen LogP contribution is -2.02. The van der Waals surface area contributed by atoms with E-state index >= 15 is 0 Å². The molecule has 0 unspecified atom stereocenters. The van der Waals surface area contributed by atoms with Crippen LogP contribution in [0.5, 0.6) is 5.75 Å². The monoisotopic (exact) mass is 236 g/mol. The maximum Gasteiger partial charge on any atom is 0.387 e. The summed E-state index contributed by atoms with van der Waals surface area (Å²) in [4.78, 5) is 0. The highest BCUT2D eigenvalue weighted by molar-refractivity contribution is 9.10. The largest absolute Gasteiger partial charge is 0.434 e. The van der Waals surface area contributed by atoms with E-state index in [4.69, 9.17) is 0 Å².